The first-order valence-corrected chi connectivity index (χ1v) is 13.9. The summed E-state index contributed by atoms with van der Waals surface area (Å²) in [5, 5.41) is 11.8. The molecule has 10 heteroatoms. The largest absolute Gasteiger partial charge is 0.506 e. The molecule has 1 amide bonds. The number of halogens is 2. The third-order valence-electron chi connectivity index (χ3n) is 5.58. The van der Waals surface area contributed by atoms with Gasteiger partial charge in [0.05, 0.1) is 28.7 Å². The van der Waals surface area contributed by atoms with E-state index in [4.69, 9.17) is 37.4 Å². The maximum atomic E-state index is 12.9. The number of thioether (sulfide) groups is 1. The molecule has 1 aliphatic heterocycles. The number of rotatable bonds is 9. The molecule has 0 atom stereocenters. The van der Waals surface area contributed by atoms with Gasteiger partial charge in [0.1, 0.15) is 23.0 Å². The Labute approximate surface area is 246 Å². The number of hydrogen-bond donors (Lipinski definition) is 1. The zero-order valence-electron chi connectivity index (χ0n) is 21.6. The van der Waals surface area contributed by atoms with Crippen molar-refractivity contribution in [3.63, 3.8) is 0 Å². The molecule has 4 rings (SSSR count). The van der Waals surface area contributed by atoms with Crippen LogP contribution in [0.3, 0.4) is 0 Å². The van der Waals surface area contributed by atoms with E-state index in [0.29, 0.717) is 33.6 Å². The van der Waals surface area contributed by atoms with Crippen LogP contribution in [0, 0.1) is 0 Å². The zero-order valence-corrected chi connectivity index (χ0v) is 24.0. The van der Waals surface area contributed by atoms with Gasteiger partial charge < -0.3 is 19.3 Å². The van der Waals surface area contributed by atoms with Crippen molar-refractivity contribution in [3.8, 4) is 11.5 Å². The average molecular weight is 599 g/mol. The normalized spacial score (nSPS) is 15.0. The van der Waals surface area contributed by atoms with Crippen LogP contribution in [0.1, 0.15) is 35.3 Å². The van der Waals surface area contributed by atoms with Crippen molar-refractivity contribution in [2.45, 2.75) is 20.5 Å². The third-order valence-corrected chi connectivity index (χ3v) is 7.30. The standard InChI is InChI=1S/C30H25Cl2NO6S/c1-3-37-24-15-18(13-14-23(24)39-17-19-9-5-7-11-21(19)31)16-25-27(34)26(30(36)38-4-2)29(40-25)33-28(35)20-10-6-8-12-22(20)32/h5-16,34H,3-4,17H2,1-2H3/b25-16-,33-29?. The van der Waals surface area contributed by atoms with E-state index < -0.39 is 11.9 Å². The topological polar surface area (TPSA) is 94.4 Å². The summed E-state index contributed by atoms with van der Waals surface area (Å²) in [5.41, 5.74) is 1.47. The molecule has 0 saturated heterocycles. The maximum absolute atomic E-state index is 12.9. The molecule has 40 heavy (non-hydrogen) atoms. The molecule has 206 valence electrons. The molecule has 0 fully saturated rings. The van der Waals surface area contributed by atoms with E-state index in [2.05, 4.69) is 4.99 Å². The molecule has 1 aliphatic rings. The molecule has 3 aromatic rings. The summed E-state index contributed by atoms with van der Waals surface area (Å²) in [5.74, 6) is -0.778. The van der Waals surface area contributed by atoms with E-state index in [-0.39, 0.29) is 40.2 Å². The van der Waals surface area contributed by atoms with Gasteiger partial charge in [0, 0.05) is 10.6 Å². The summed E-state index contributed by atoms with van der Waals surface area (Å²) in [6.07, 6.45) is 1.65. The Hall–Kier alpha value is -3.72. The Bertz CT molecular complexity index is 1530. The van der Waals surface area contributed by atoms with E-state index in [9.17, 15) is 14.7 Å². The summed E-state index contributed by atoms with van der Waals surface area (Å²) < 4.78 is 16.9. The zero-order chi connectivity index (χ0) is 28.6. The van der Waals surface area contributed by atoms with E-state index in [0.717, 1.165) is 17.3 Å². The number of hydrogen-bond acceptors (Lipinski definition) is 7. The highest BCUT2D eigenvalue weighted by molar-refractivity contribution is 8.18. The fraction of sp³-hybridized carbons (Fsp3) is 0.167. The monoisotopic (exact) mass is 597 g/mol. The van der Waals surface area contributed by atoms with Crippen molar-refractivity contribution in [1.82, 2.24) is 0 Å². The molecule has 1 heterocycles. The Kier molecular flexibility index (Phi) is 9.93. The quantitative estimate of drug-likeness (QED) is 0.253. The number of carbonyl (C=O) groups excluding carboxylic acids is 2. The minimum absolute atomic E-state index is 0.0110. The van der Waals surface area contributed by atoms with Crippen LogP contribution in [0.5, 0.6) is 11.5 Å². The highest BCUT2D eigenvalue weighted by Gasteiger charge is 2.34. The van der Waals surface area contributed by atoms with Gasteiger partial charge in [-0.05, 0) is 55.8 Å². The number of carbonyl (C=O) groups is 2. The highest BCUT2D eigenvalue weighted by Crippen LogP contribution is 2.40. The smallest absolute Gasteiger partial charge is 0.344 e. The lowest BCUT2D eigenvalue weighted by Gasteiger charge is -2.13. The molecular formula is C30H25Cl2NO6S. The molecule has 0 saturated carbocycles. The van der Waals surface area contributed by atoms with E-state index in [1.807, 2.05) is 25.1 Å². The van der Waals surface area contributed by atoms with Crippen LogP contribution in [0.15, 0.2) is 88.0 Å². The predicted octanol–water partition coefficient (Wildman–Crippen LogP) is 7.67. The summed E-state index contributed by atoms with van der Waals surface area (Å²) in [6.45, 7) is 4.23. The fourth-order valence-corrected chi connectivity index (χ4v) is 5.12. The SMILES string of the molecule is CCOC(=O)C1=C(O)/C(=C/c2ccc(OCc3ccccc3Cl)c(OCC)c2)SC1=NC(=O)c1ccccc1Cl. The van der Waals surface area contributed by atoms with Crippen LogP contribution < -0.4 is 9.47 Å². The van der Waals surface area contributed by atoms with Gasteiger partial charge in [0.25, 0.3) is 5.91 Å². The molecule has 0 radical (unpaired) electrons. The van der Waals surface area contributed by atoms with Gasteiger partial charge in [-0.3, -0.25) is 4.79 Å². The predicted molar refractivity (Wildman–Crippen MR) is 158 cm³/mol. The van der Waals surface area contributed by atoms with Crippen LogP contribution in [0.2, 0.25) is 10.0 Å². The number of aliphatic hydroxyl groups excluding tert-OH is 1. The molecule has 0 aliphatic carbocycles. The van der Waals surface area contributed by atoms with Crippen molar-refractivity contribution in [2.75, 3.05) is 13.2 Å². The van der Waals surface area contributed by atoms with Gasteiger partial charge in [-0.1, -0.05) is 71.4 Å². The van der Waals surface area contributed by atoms with Crippen LogP contribution in [-0.2, 0) is 16.1 Å². The van der Waals surface area contributed by atoms with Gasteiger partial charge in [-0.15, -0.1) is 0 Å². The first-order chi connectivity index (χ1) is 19.3. The number of ether oxygens (including phenoxy) is 3. The number of benzene rings is 3. The minimum atomic E-state index is -0.792. The van der Waals surface area contributed by atoms with Gasteiger partial charge in [0.2, 0.25) is 0 Å². The van der Waals surface area contributed by atoms with E-state index in [1.54, 1.807) is 55.5 Å². The Morgan fingerprint density at radius 1 is 0.925 bits per heavy atom. The molecule has 7 nitrogen and oxygen atoms in total. The number of esters is 1. The Balaban J connectivity index is 1.65. The molecule has 0 bridgehead atoms. The molecule has 3 aromatic carbocycles. The lowest BCUT2D eigenvalue weighted by molar-refractivity contribution is -0.138. The van der Waals surface area contributed by atoms with Crippen LogP contribution in [0.25, 0.3) is 6.08 Å². The Morgan fingerprint density at radius 2 is 1.65 bits per heavy atom. The molecule has 0 spiro atoms. The van der Waals surface area contributed by atoms with E-state index >= 15 is 0 Å². The summed E-state index contributed by atoms with van der Waals surface area (Å²) in [6, 6.07) is 19.1. The van der Waals surface area contributed by atoms with Crippen molar-refractivity contribution >= 4 is 58.0 Å². The highest BCUT2D eigenvalue weighted by atomic mass is 35.5. The Morgan fingerprint density at radius 3 is 2.35 bits per heavy atom. The van der Waals surface area contributed by atoms with Crippen LogP contribution >= 0.6 is 35.0 Å². The molecular weight excluding hydrogens is 573 g/mol. The first-order valence-electron chi connectivity index (χ1n) is 12.3. The van der Waals surface area contributed by atoms with Crippen molar-refractivity contribution in [3.05, 3.63) is 110 Å². The van der Waals surface area contributed by atoms with Crippen molar-refractivity contribution in [1.29, 1.82) is 0 Å². The summed E-state index contributed by atoms with van der Waals surface area (Å²) in [4.78, 5) is 30.0. The summed E-state index contributed by atoms with van der Waals surface area (Å²) >= 11 is 13.4. The van der Waals surface area contributed by atoms with Gasteiger partial charge in [0.15, 0.2) is 11.5 Å². The fourth-order valence-electron chi connectivity index (χ4n) is 3.70. The number of aliphatic hydroxyl groups is 1. The first kappa shape index (κ1) is 29.3. The number of amides is 1. The van der Waals surface area contributed by atoms with Crippen molar-refractivity contribution < 1.29 is 28.9 Å². The van der Waals surface area contributed by atoms with Gasteiger partial charge in [-0.25, -0.2) is 9.79 Å². The molecule has 0 unspecified atom stereocenters. The van der Waals surface area contributed by atoms with Gasteiger partial charge >= 0.3 is 5.97 Å². The maximum Gasteiger partial charge on any atom is 0.344 e. The average Bonchev–Trinajstić information content (AvgIpc) is 3.23. The molecule has 1 N–H and O–H groups in total. The second kappa shape index (κ2) is 13.6. The van der Waals surface area contributed by atoms with Crippen molar-refractivity contribution in [2.24, 2.45) is 4.99 Å². The number of nitrogens with zero attached hydrogens (tertiary/aromatic N) is 1. The second-order valence-corrected chi connectivity index (χ2v) is 10.1. The lowest BCUT2D eigenvalue weighted by Crippen LogP contribution is -2.14. The van der Waals surface area contributed by atoms with Crippen LogP contribution in [0.4, 0.5) is 0 Å². The third kappa shape index (κ3) is 6.88. The minimum Gasteiger partial charge on any atom is -0.506 e. The van der Waals surface area contributed by atoms with Gasteiger partial charge in [-0.2, -0.15) is 0 Å². The lowest BCUT2D eigenvalue weighted by atomic mass is 10.1. The summed E-state index contributed by atoms with van der Waals surface area (Å²) in [7, 11) is 0. The van der Waals surface area contributed by atoms with Crippen LogP contribution in [-0.4, -0.2) is 35.2 Å². The number of aliphatic imine (C=N–C) groups is 1. The molecule has 0 aromatic heterocycles. The second-order valence-electron chi connectivity index (χ2n) is 8.28. The van der Waals surface area contributed by atoms with E-state index in [1.165, 1.54) is 6.07 Å².